The van der Waals surface area contributed by atoms with E-state index in [1.54, 1.807) is 31.4 Å². The van der Waals surface area contributed by atoms with Gasteiger partial charge in [0, 0.05) is 16.8 Å². The highest BCUT2D eigenvalue weighted by molar-refractivity contribution is 7.80. The van der Waals surface area contributed by atoms with Crippen molar-refractivity contribution in [2.45, 2.75) is 13.3 Å². The first kappa shape index (κ1) is 20.6. The number of hydrogen-bond donors (Lipinski definition) is 2. The molecule has 1 heterocycles. The zero-order valence-corrected chi connectivity index (χ0v) is 18.0. The number of amides is 1. The van der Waals surface area contributed by atoms with E-state index in [9.17, 15) is 4.79 Å². The van der Waals surface area contributed by atoms with Crippen LogP contribution in [0.2, 0.25) is 0 Å². The fourth-order valence-corrected chi connectivity index (χ4v) is 3.30. The molecule has 0 aliphatic rings. The van der Waals surface area contributed by atoms with Crippen LogP contribution < -0.4 is 15.4 Å². The van der Waals surface area contributed by atoms with Crippen molar-refractivity contribution in [3.63, 3.8) is 0 Å². The van der Waals surface area contributed by atoms with E-state index in [-0.39, 0.29) is 11.0 Å². The van der Waals surface area contributed by atoms with E-state index >= 15 is 0 Å². The molecule has 4 aromatic rings. The van der Waals surface area contributed by atoms with Gasteiger partial charge < -0.3 is 14.5 Å². The lowest BCUT2D eigenvalue weighted by Crippen LogP contribution is -2.34. The summed E-state index contributed by atoms with van der Waals surface area (Å²) in [7, 11) is 1.58. The van der Waals surface area contributed by atoms with Gasteiger partial charge >= 0.3 is 0 Å². The van der Waals surface area contributed by atoms with Gasteiger partial charge in [-0.25, -0.2) is 4.98 Å². The number of carbonyl (C=O) groups is 1. The third-order valence-corrected chi connectivity index (χ3v) is 5.03. The molecule has 0 bridgehead atoms. The SMILES string of the molecule is CCc1ccc2oc(-c3ccc(NC(=S)NC(=O)c4ccc(OC)cc4)cc3)nc2c1. The second-order valence-electron chi connectivity index (χ2n) is 6.89. The van der Waals surface area contributed by atoms with E-state index in [1.807, 2.05) is 42.5 Å². The van der Waals surface area contributed by atoms with Crippen LogP contribution in [-0.4, -0.2) is 23.1 Å². The minimum Gasteiger partial charge on any atom is -0.497 e. The van der Waals surface area contributed by atoms with Gasteiger partial charge in [-0.15, -0.1) is 0 Å². The molecule has 2 N–H and O–H groups in total. The monoisotopic (exact) mass is 431 g/mol. The van der Waals surface area contributed by atoms with Crippen LogP contribution >= 0.6 is 12.2 Å². The van der Waals surface area contributed by atoms with Crippen LogP contribution in [0, 0.1) is 0 Å². The molecule has 156 valence electrons. The molecule has 0 aliphatic heterocycles. The van der Waals surface area contributed by atoms with E-state index in [2.05, 4.69) is 22.5 Å². The van der Waals surface area contributed by atoms with Gasteiger partial charge in [-0.2, -0.15) is 0 Å². The van der Waals surface area contributed by atoms with E-state index in [0.29, 0.717) is 17.2 Å². The van der Waals surface area contributed by atoms with Gasteiger partial charge in [0.25, 0.3) is 5.91 Å². The van der Waals surface area contributed by atoms with Crippen molar-refractivity contribution in [1.29, 1.82) is 0 Å². The summed E-state index contributed by atoms with van der Waals surface area (Å²) in [5, 5.41) is 5.89. The number of anilines is 1. The molecule has 0 atom stereocenters. The molecule has 0 unspecified atom stereocenters. The number of methoxy groups -OCH3 is 1. The van der Waals surface area contributed by atoms with E-state index in [0.717, 1.165) is 28.8 Å². The molecule has 0 saturated heterocycles. The summed E-state index contributed by atoms with van der Waals surface area (Å²) in [6.07, 6.45) is 0.952. The number of aryl methyl sites for hydroxylation is 1. The smallest absolute Gasteiger partial charge is 0.257 e. The molecule has 31 heavy (non-hydrogen) atoms. The van der Waals surface area contributed by atoms with Crippen molar-refractivity contribution in [2.24, 2.45) is 0 Å². The summed E-state index contributed by atoms with van der Waals surface area (Å²) in [5.41, 5.74) is 4.91. The molecule has 3 aromatic carbocycles. The summed E-state index contributed by atoms with van der Waals surface area (Å²) in [4.78, 5) is 16.9. The first-order valence-electron chi connectivity index (χ1n) is 9.82. The number of aromatic nitrogens is 1. The van der Waals surface area contributed by atoms with Crippen molar-refractivity contribution in [3.8, 4) is 17.2 Å². The number of oxazole rings is 1. The van der Waals surface area contributed by atoms with Crippen molar-refractivity contribution in [3.05, 3.63) is 77.9 Å². The lowest BCUT2D eigenvalue weighted by molar-refractivity contribution is 0.0977. The van der Waals surface area contributed by atoms with Gasteiger partial charge in [0.05, 0.1) is 7.11 Å². The Morgan fingerprint density at radius 2 is 1.81 bits per heavy atom. The van der Waals surface area contributed by atoms with E-state index in [1.165, 1.54) is 5.56 Å². The molecular weight excluding hydrogens is 410 g/mol. The Kier molecular flexibility index (Phi) is 5.95. The number of carbonyl (C=O) groups excluding carboxylic acids is 1. The first-order valence-corrected chi connectivity index (χ1v) is 10.2. The third kappa shape index (κ3) is 4.73. The quantitative estimate of drug-likeness (QED) is 0.424. The number of thiocarbonyl (C=S) groups is 1. The highest BCUT2D eigenvalue weighted by Crippen LogP contribution is 2.26. The summed E-state index contributed by atoms with van der Waals surface area (Å²) >= 11 is 5.26. The average Bonchev–Trinajstić information content (AvgIpc) is 3.22. The molecule has 0 fully saturated rings. The minimum atomic E-state index is -0.297. The molecule has 0 radical (unpaired) electrons. The Morgan fingerprint density at radius 3 is 2.48 bits per heavy atom. The molecule has 0 saturated carbocycles. The van der Waals surface area contributed by atoms with Crippen LogP contribution in [0.4, 0.5) is 5.69 Å². The van der Waals surface area contributed by atoms with E-state index in [4.69, 9.17) is 21.4 Å². The van der Waals surface area contributed by atoms with Gasteiger partial charge in [-0.3, -0.25) is 10.1 Å². The molecular formula is C24H21N3O3S. The van der Waals surface area contributed by atoms with Crippen molar-refractivity contribution in [2.75, 3.05) is 12.4 Å². The van der Waals surface area contributed by atoms with Gasteiger partial charge in [-0.05, 0) is 84.9 Å². The van der Waals surface area contributed by atoms with Crippen molar-refractivity contribution >= 4 is 40.0 Å². The fourth-order valence-electron chi connectivity index (χ4n) is 3.09. The van der Waals surface area contributed by atoms with Crippen molar-refractivity contribution < 1.29 is 13.9 Å². The van der Waals surface area contributed by atoms with Crippen LogP contribution in [0.1, 0.15) is 22.8 Å². The largest absolute Gasteiger partial charge is 0.497 e. The zero-order valence-electron chi connectivity index (χ0n) is 17.1. The van der Waals surface area contributed by atoms with Gasteiger partial charge in [0.2, 0.25) is 5.89 Å². The molecule has 0 spiro atoms. The standard InChI is InChI=1S/C24H21N3O3S/c1-3-15-4-13-21-20(14-15)26-23(30-21)17-5-9-18(10-6-17)25-24(31)27-22(28)16-7-11-19(29-2)12-8-16/h4-14H,3H2,1-2H3,(H2,25,27,28,31). The summed E-state index contributed by atoms with van der Waals surface area (Å²) in [5.74, 6) is 0.946. The topological polar surface area (TPSA) is 76.4 Å². The number of nitrogens with one attached hydrogen (secondary N) is 2. The van der Waals surface area contributed by atoms with Crippen LogP contribution in [0.25, 0.3) is 22.6 Å². The van der Waals surface area contributed by atoms with Crippen LogP contribution in [0.15, 0.2) is 71.1 Å². The number of benzene rings is 3. The maximum atomic E-state index is 12.3. The Bertz CT molecular complexity index is 1230. The number of fused-ring (bicyclic) bond motifs is 1. The predicted molar refractivity (Wildman–Crippen MR) is 126 cm³/mol. The Hall–Kier alpha value is -3.71. The number of nitrogens with zero attached hydrogens (tertiary/aromatic N) is 1. The van der Waals surface area contributed by atoms with Crippen molar-refractivity contribution in [1.82, 2.24) is 10.3 Å². The van der Waals surface area contributed by atoms with Gasteiger partial charge in [0.15, 0.2) is 10.7 Å². The number of rotatable bonds is 5. The zero-order chi connectivity index (χ0) is 21.8. The summed E-state index contributed by atoms with van der Waals surface area (Å²) in [6.45, 7) is 2.11. The average molecular weight is 432 g/mol. The van der Waals surface area contributed by atoms with E-state index < -0.39 is 0 Å². The minimum absolute atomic E-state index is 0.211. The molecule has 0 aliphatic carbocycles. The Morgan fingerprint density at radius 1 is 1.06 bits per heavy atom. The van der Waals surface area contributed by atoms with Gasteiger partial charge in [0.1, 0.15) is 11.3 Å². The molecule has 1 amide bonds. The highest BCUT2D eigenvalue weighted by Gasteiger charge is 2.10. The summed E-state index contributed by atoms with van der Waals surface area (Å²) in [6, 6.07) is 20.3. The van der Waals surface area contributed by atoms with Crippen LogP contribution in [-0.2, 0) is 6.42 Å². The predicted octanol–water partition coefficient (Wildman–Crippen LogP) is 5.19. The van der Waals surface area contributed by atoms with Crippen LogP contribution in [0.5, 0.6) is 5.75 Å². The Balaban J connectivity index is 1.41. The molecule has 4 rings (SSSR count). The van der Waals surface area contributed by atoms with Gasteiger partial charge in [-0.1, -0.05) is 13.0 Å². The normalized spacial score (nSPS) is 10.6. The van der Waals surface area contributed by atoms with Crippen LogP contribution in [0.3, 0.4) is 0 Å². The number of hydrogen-bond acceptors (Lipinski definition) is 5. The fraction of sp³-hybridized carbons (Fsp3) is 0.125. The first-order chi connectivity index (χ1) is 15.1. The maximum absolute atomic E-state index is 12.3. The Labute approximate surface area is 185 Å². The second kappa shape index (κ2) is 8.97. The molecule has 7 heteroatoms. The lowest BCUT2D eigenvalue weighted by Gasteiger charge is -2.10. The lowest BCUT2D eigenvalue weighted by atomic mass is 10.1. The maximum Gasteiger partial charge on any atom is 0.257 e. The highest BCUT2D eigenvalue weighted by atomic mass is 32.1. The second-order valence-corrected chi connectivity index (χ2v) is 7.30. The molecule has 1 aromatic heterocycles. The summed E-state index contributed by atoms with van der Waals surface area (Å²) < 4.78 is 11.0. The number of ether oxygens (including phenoxy) is 1. The third-order valence-electron chi connectivity index (χ3n) is 4.83. The molecule has 6 nitrogen and oxygen atoms in total.